The zero-order valence-electron chi connectivity index (χ0n) is 10.1. The highest BCUT2D eigenvalue weighted by molar-refractivity contribution is 6.32. The van der Waals surface area contributed by atoms with E-state index in [0.717, 1.165) is 0 Å². The SMILES string of the molecule is O=[N+]([O-])c1cc(N[C@@H]2OC[C@H](O)[C@H](O)[C@H]2O)ccc1Cl. The van der Waals surface area contributed by atoms with Crippen molar-refractivity contribution < 1.29 is 25.0 Å². The van der Waals surface area contributed by atoms with Crippen LogP contribution in [0.2, 0.25) is 5.02 Å². The third-order valence-corrected chi connectivity index (χ3v) is 3.27. The second-order valence-electron chi connectivity index (χ2n) is 4.37. The van der Waals surface area contributed by atoms with E-state index in [-0.39, 0.29) is 17.3 Å². The summed E-state index contributed by atoms with van der Waals surface area (Å²) in [5, 5.41) is 42.0. The molecule has 1 saturated heterocycles. The highest BCUT2D eigenvalue weighted by Crippen LogP contribution is 2.28. The molecule has 0 bridgehead atoms. The van der Waals surface area contributed by atoms with E-state index < -0.39 is 29.5 Å². The molecule has 1 fully saturated rings. The van der Waals surface area contributed by atoms with Crippen LogP contribution in [0.15, 0.2) is 18.2 Å². The Hall–Kier alpha value is -1.45. The van der Waals surface area contributed by atoms with Gasteiger partial charge in [-0.1, -0.05) is 11.6 Å². The lowest BCUT2D eigenvalue weighted by atomic mass is 10.0. The summed E-state index contributed by atoms with van der Waals surface area (Å²) in [7, 11) is 0. The maximum absolute atomic E-state index is 10.8. The van der Waals surface area contributed by atoms with Gasteiger partial charge in [-0.25, -0.2) is 0 Å². The standard InChI is InChI=1S/C11H13ClN2O6/c12-6-2-1-5(3-7(6)14(18)19)13-11-10(17)9(16)8(15)4-20-11/h1-3,8-11,13,15-17H,4H2/t8-,9-,10+,11+/m0/s1. The molecule has 0 aliphatic carbocycles. The predicted octanol–water partition coefficient (Wildman–Crippen LogP) is 0.0991. The summed E-state index contributed by atoms with van der Waals surface area (Å²) in [6.07, 6.45) is -4.89. The van der Waals surface area contributed by atoms with Gasteiger partial charge in [-0.05, 0) is 12.1 Å². The number of hydrogen-bond acceptors (Lipinski definition) is 7. The van der Waals surface area contributed by atoms with E-state index in [2.05, 4.69) is 5.32 Å². The molecule has 9 heteroatoms. The number of nitro groups is 1. The number of halogens is 1. The van der Waals surface area contributed by atoms with Gasteiger partial charge in [0.05, 0.1) is 11.5 Å². The molecule has 4 atom stereocenters. The van der Waals surface area contributed by atoms with E-state index in [1.54, 1.807) is 0 Å². The number of nitrogens with one attached hydrogen (secondary N) is 1. The van der Waals surface area contributed by atoms with Crippen LogP contribution in [-0.4, -0.2) is 51.4 Å². The Morgan fingerprint density at radius 2 is 2.05 bits per heavy atom. The van der Waals surface area contributed by atoms with E-state index in [0.29, 0.717) is 5.69 Å². The Morgan fingerprint density at radius 1 is 1.35 bits per heavy atom. The van der Waals surface area contributed by atoms with Crippen molar-refractivity contribution in [1.29, 1.82) is 0 Å². The van der Waals surface area contributed by atoms with Crippen molar-refractivity contribution in [3.8, 4) is 0 Å². The average molecular weight is 305 g/mol. The summed E-state index contributed by atoms with van der Waals surface area (Å²) in [5.74, 6) is 0. The smallest absolute Gasteiger partial charge is 0.289 e. The molecule has 0 saturated carbocycles. The molecule has 8 nitrogen and oxygen atoms in total. The van der Waals surface area contributed by atoms with Crippen LogP contribution < -0.4 is 5.32 Å². The van der Waals surface area contributed by atoms with Gasteiger partial charge in [0.25, 0.3) is 5.69 Å². The van der Waals surface area contributed by atoms with Crippen molar-refractivity contribution in [2.75, 3.05) is 11.9 Å². The fraction of sp³-hybridized carbons (Fsp3) is 0.455. The number of aliphatic hydroxyl groups is 3. The second kappa shape index (κ2) is 5.90. The number of hydrogen-bond donors (Lipinski definition) is 4. The molecule has 0 aromatic heterocycles. The van der Waals surface area contributed by atoms with Crippen LogP contribution in [0, 0.1) is 10.1 Å². The molecule has 1 heterocycles. The quantitative estimate of drug-likeness (QED) is 0.461. The molecule has 1 aromatic rings. The topological polar surface area (TPSA) is 125 Å². The van der Waals surface area contributed by atoms with Crippen molar-refractivity contribution in [2.24, 2.45) is 0 Å². The van der Waals surface area contributed by atoms with Gasteiger partial charge in [-0.2, -0.15) is 0 Å². The highest BCUT2D eigenvalue weighted by Gasteiger charge is 2.37. The second-order valence-corrected chi connectivity index (χ2v) is 4.78. The highest BCUT2D eigenvalue weighted by atomic mass is 35.5. The molecule has 1 aliphatic rings. The first-order valence-corrected chi connectivity index (χ1v) is 6.14. The van der Waals surface area contributed by atoms with Crippen LogP contribution in [0.1, 0.15) is 0 Å². The van der Waals surface area contributed by atoms with E-state index in [4.69, 9.17) is 16.3 Å². The average Bonchev–Trinajstić information content (AvgIpc) is 2.41. The minimum Gasteiger partial charge on any atom is -0.388 e. The molecular weight excluding hydrogens is 292 g/mol. The molecule has 4 N–H and O–H groups in total. The molecule has 2 rings (SSSR count). The Labute approximate surface area is 118 Å². The molecular formula is C11H13ClN2O6. The third-order valence-electron chi connectivity index (χ3n) is 2.95. The molecule has 0 unspecified atom stereocenters. The van der Waals surface area contributed by atoms with E-state index in [1.165, 1.54) is 18.2 Å². The molecule has 20 heavy (non-hydrogen) atoms. The van der Waals surface area contributed by atoms with E-state index in [1.807, 2.05) is 0 Å². The van der Waals surface area contributed by atoms with Crippen molar-refractivity contribution in [2.45, 2.75) is 24.5 Å². The summed E-state index contributed by atoms with van der Waals surface area (Å²) in [5.41, 5.74) is 0.0105. The van der Waals surface area contributed by atoms with Gasteiger partial charge in [0, 0.05) is 11.8 Å². The van der Waals surface area contributed by atoms with Crippen LogP contribution in [-0.2, 0) is 4.74 Å². The van der Waals surface area contributed by atoms with Crippen LogP contribution in [0.5, 0.6) is 0 Å². The minimum absolute atomic E-state index is 0.0129. The fourth-order valence-electron chi connectivity index (χ4n) is 1.84. The number of ether oxygens (including phenoxy) is 1. The van der Waals surface area contributed by atoms with E-state index >= 15 is 0 Å². The monoisotopic (exact) mass is 304 g/mol. The van der Waals surface area contributed by atoms with Crippen molar-refractivity contribution in [1.82, 2.24) is 0 Å². The first kappa shape index (κ1) is 14.9. The Balaban J connectivity index is 2.14. The normalized spacial score (nSPS) is 30.0. The Morgan fingerprint density at radius 3 is 2.70 bits per heavy atom. The summed E-state index contributed by atoms with van der Waals surface area (Å²) in [4.78, 5) is 10.1. The third kappa shape index (κ3) is 3.00. The zero-order valence-corrected chi connectivity index (χ0v) is 10.9. The summed E-state index contributed by atoms with van der Waals surface area (Å²) in [6, 6.07) is 4.00. The molecule has 0 spiro atoms. The maximum atomic E-state index is 10.8. The van der Waals surface area contributed by atoms with Crippen LogP contribution >= 0.6 is 11.6 Å². The lowest BCUT2D eigenvalue weighted by Gasteiger charge is -2.35. The summed E-state index contributed by atoms with van der Waals surface area (Å²) >= 11 is 5.68. The predicted molar refractivity (Wildman–Crippen MR) is 69.5 cm³/mol. The molecule has 0 amide bonds. The summed E-state index contributed by atoms with van der Waals surface area (Å²) in [6.45, 7) is -0.161. The van der Waals surface area contributed by atoms with Crippen molar-refractivity contribution in [3.05, 3.63) is 33.3 Å². The lowest BCUT2D eigenvalue weighted by Crippen LogP contribution is -2.55. The first-order chi connectivity index (χ1) is 9.40. The van der Waals surface area contributed by atoms with Crippen molar-refractivity contribution >= 4 is 23.0 Å². The summed E-state index contributed by atoms with van der Waals surface area (Å²) < 4.78 is 5.13. The first-order valence-electron chi connectivity index (χ1n) is 5.76. The number of rotatable bonds is 3. The van der Waals surface area contributed by atoms with Gasteiger partial charge >= 0.3 is 0 Å². The number of anilines is 1. The van der Waals surface area contributed by atoms with Crippen LogP contribution in [0.25, 0.3) is 0 Å². The molecule has 1 aromatic carbocycles. The largest absolute Gasteiger partial charge is 0.388 e. The lowest BCUT2D eigenvalue weighted by molar-refractivity contribution is -0.384. The van der Waals surface area contributed by atoms with Gasteiger partial charge in [-0.15, -0.1) is 0 Å². The number of benzene rings is 1. The molecule has 0 radical (unpaired) electrons. The van der Waals surface area contributed by atoms with Crippen LogP contribution in [0.3, 0.4) is 0 Å². The van der Waals surface area contributed by atoms with Gasteiger partial charge in [0.1, 0.15) is 23.3 Å². The van der Waals surface area contributed by atoms with Gasteiger partial charge in [0.15, 0.2) is 6.23 Å². The van der Waals surface area contributed by atoms with E-state index in [9.17, 15) is 25.4 Å². The maximum Gasteiger partial charge on any atom is 0.289 e. The van der Waals surface area contributed by atoms with Gasteiger partial charge in [0.2, 0.25) is 0 Å². The minimum atomic E-state index is -1.37. The number of nitro benzene ring substituents is 1. The van der Waals surface area contributed by atoms with Gasteiger partial charge in [-0.3, -0.25) is 10.1 Å². The Kier molecular flexibility index (Phi) is 4.41. The number of aliphatic hydroxyl groups excluding tert-OH is 3. The fourth-order valence-corrected chi connectivity index (χ4v) is 2.03. The number of nitrogens with zero attached hydrogens (tertiary/aromatic N) is 1. The molecule has 1 aliphatic heterocycles. The molecule has 110 valence electrons. The van der Waals surface area contributed by atoms with Crippen LogP contribution in [0.4, 0.5) is 11.4 Å². The van der Waals surface area contributed by atoms with Crippen molar-refractivity contribution in [3.63, 3.8) is 0 Å². The zero-order chi connectivity index (χ0) is 14.9. The van der Waals surface area contributed by atoms with Gasteiger partial charge < -0.3 is 25.4 Å². The Bertz CT molecular complexity index is 514.